The fraction of sp³-hybridized carbons (Fsp3) is 0.471. The standard InChI is InChI=1S/C21H23F4NO.C6H8S.C6H14.CH4/c1-6-13(3)20(15(5)27)26-14(4)19(21(23,24)25)12-16(7-2)17-9-8-10-18(22)11-17;1-2-6-4-3-5-7-6;1-3-5-6-4-2;/h7-12H,6H2,1-5H3;3-5H,2H2,1H3;3-6H2,1-2H3;1H4/b16-7+,19-12+,20-13+,26-14+;;;. The van der Waals surface area contributed by atoms with E-state index in [1.54, 1.807) is 20.8 Å². The number of ketones is 1. The Labute approximate surface area is 250 Å². The molecular formula is C34H49F4NOS. The van der Waals surface area contributed by atoms with E-state index in [1.807, 2.05) is 11.3 Å². The first kappa shape index (κ1) is 40.3. The van der Waals surface area contributed by atoms with Crippen molar-refractivity contribution in [3.63, 3.8) is 0 Å². The van der Waals surface area contributed by atoms with Gasteiger partial charge in [0.1, 0.15) is 11.5 Å². The lowest BCUT2D eigenvalue weighted by atomic mass is 10.00. The maximum Gasteiger partial charge on any atom is 0.418 e. The van der Waals surface area contributed by atoms with Crippen LogP contribution >= 0.6 is 11.3 Å². The van der Waals surface area contributed by atoms with Crippen molar-refractivity contribution in [3.8, 4) is 0 Å². The summed E-state index contributed by atoms with van der Waals surface area (Å²) in [4.78, 5) is 17.2. The average Bonchev–Trinajstić information content (AvgIpc) is 3.44. The zero-order valence-electron chi connectivity index (χ0n) is 25.2. The fourth-order valence-corrected chi connectivity index (χ4v) is 4.09. The van der Waals surface area contributed by atoms with Crippen molar-refractivity contribution in [2.75, 3.05) is 0 Å². The molecule has 0 aliphatic carbocycles. The highest BCUT2D eigenvalue weighted by molar-refractivity contribution is 7.09. The number of rotatable bonds is 10. The van der Waals surface area contributed by atoms with Crippen molar-refractivity contribution < 1.29 is 22.4 Å². The number of benzene rings is 1. The second-order valence-corrected chi connectivity index (χ2v) is 10.2. The Balaban J connectivity index is 0. The molecule has 0 amide bonds. The Morgan fingerprint density at radius 1 is 0.976 bits per heavy atom. The highest BCUT2D eigenvalue weighted by Gasteiger charge is 2.36. The molecule has 0 saturated carbocycles. The molecule has 0 bridgehead atoms. The lowest BCUT2D eigenvalue weighted by molar-refractivity contribution is -0.113. The van der Waals surface area contributed by atoms with Gasteiger partial charge < -0.3 is 0 Å². The molecule has 41 heavy (non-hydrogen) atoms. The molecule has 0 unspecified atom stereocenters. The Morgan fingerprint density at radius 2 is 1.59 bits per heavy atom. The molecule has 0 saturated heterocycles. The molecule has 0 N–H and O–H groups in total. The fourth-order valence-electron chi connectivity index (χ4n) is 3.43. The van der Waals surface area contributed by atoms with Gasteiger partial charge in [0, 0.05) is 11.8 Å². The number of aryl methyl sites for hydroxylation is 1. The van der Waals surface area contributed by atoms with E-state index in [-0.39, 0.29) is 24.4 Å². The van der Waals surface area contributed by atoms with Crippen LogP contribution < -0.4 is 0 Å². The highest BCUT2D eigenvalue weighted by atomic mass is 32.1. The van der Waals surface area contributed by atoms with Crippen molar-refractivity contribution in [3.05, 3.63) is 87.0 Å². The maximum absolute atomic E-state index is 13.6. The summed E-state index contributed by atoms with van der Waals surface area (Å²) in [5.41, 5.74) is -0.146. The van der Waals surface area contributed by atoms with Crippen molar-refractivity contribution in [1.82, 2.24) is 0 Å². The smallest absolute Gasteiger partial charge is 0.293 e. The number of carbonyl (C=O) groups is 1. The van der Waals surface area contributed by atoms with E-state index in [1.165, 1.54) is 75.1 Å². The Morgan fingerprint density at radius 3 is 1.95 bits per heavy atom. The monoisotopic (exact) mass is 595 g/mol. The van der Waals surface area contributed by atoms with Gasteiger partial charge in [-0.25, -0.2) is 9.38 Å². The van der Waals surface area contributed by atoms with Crippen molar-refractivity contribution in [2.24, 2.45) is 4.99 Å². The number of hydrogen-bond acceptors (Lipinski definition) is 3. The number of alkyl halides is 3. The summed E-state index contributed by atoms with van der Waals surface area (Å²) in [5.74, 6) is -0.939. The number of Topliss-reactive ketones (excluding diaryl/α,β-unsaturated/α-hetero) is 1. The van der Waals surface area contributed by atoms with Gasteiger partial charge in [-0.05, 0) is 80.0 Å². The highest BCUT2D eigenvalue weighted by Crippen LogP contribution is 2.31. The minimum Gasteiger partial charge on any atom is -0.293 e. The van der Waals surface area contributed by atoms with E-state index in [0.29, 0.717) is 17.6 Å². The van der Waals surface area contributed by atoms with E-state index in [4.69, 9.17) is 0 Å². The molecule has 0 aliphatic rings. The van der Waals surface area contributed by atoms with Crippen LogP contribution in [-0.4, -0.2) is 17.7 Å². The zero-order valence-corrected chi connectivity index (χ0v) is 26.0. The third-order valence-electron chi connectivity index (χ3n) is 5.90. The molecule has 230 valence electrons. The second-order valence-electron chi connectivity index (χ2n) is 9.19. The number of hydrogen-bond donors (Lipinski definition) is 0. The van der Waals surface area contributed by atoms with Crippen LogP contribution in [-0.2, 0) is 11.2 Å². The minimum atomic E-state index is -4.68. The van der Waals surface area contributed by atoms with Gasteiger partial charge in [-0.15, -0.1) is 11.3 Å². The number of halogens is 4. The first-order valence-electron chi connectivity index (χ1n) is 13.9. The third kappa shape index (κ3) is 16.3. The van der Waals surface area contributed by atoms with E-state index < -0.39 is 23.3 Å². The van der Waals surface area contributed by atoms with Crippen LogP contribution in [0.3, 0.4) is 0 Å². The molecular weight excluding hydrogens is 546 g/mol. The van der Waals surface area contributed by atoms with Gasteiger partial charge >= 0.3 is 6.18 Å². The molecule has 1 aromatic carbocycles. The van der Waals surface area contributed by atoms with Crippen LogP contribution in [0.1, 0.15) is 105 Å². The Bertz CT molecular complexity index is 1140. The molecule has 0 aliphatic heterocycles. The van der Waals surface area contributed by atoms with E-state index in [9.17, 15) is 22.4 Å². The van der Waals surface area contributed by atoms with Crippen LogP contribution in [0.15, 0.2) is 75.8 Å². The van der Waals surface area contributed by atoms with Crippen LogP contribution in [0, 0.1) is 5.82 Å². The van der Waals surface area contributed by atoms with E-state index in [0.717, 1.165) is 12.1 Å². The number of unbranched alkanes of at least 4 members (excludes halogenated alkanes) is 3. The van der Waals surface area contributed by atoms with E-state index in [2.05, 4.69) is 43.3 Å². The summed E-state index contributed by atoms with van der Waals surface area (Å²) in [6.45, 7) is 14.1. The summed E-state index contributed by atoms with van der Waals surface area (Å²) in [7, 11) is 0. The molecule has 1 heterocycles. The molecule has 0 radical (unpaired) electrons. The van der Waals surface area contributed by atoms with Gasteiger partial charge in [0.15, 0.2) is 5.78 Å². The van der Waals surface area contributed by atoms with Crippen molar-refractivity contribution in [1.29, 1.82) is 0 Å². The van der Waals surface area contributed by atoms with Crippen LogP contribution in [0.5, 0.6) is 0 Å². The van der Waals surface area contributed by atoms with Gasteiger partial charge in [0.2, 0.25) is 0 Å². The SMILES string of the molecule is C.CCCCCC.CCc1cccs1.C\C=C(/C=C(\C(C)=N\C(C(C)=O)=C(/C)CC)C(F)(F)F)c1cccc(F)c1. The van der Waals surface area contributed by atoms with E-state index >= 15 is 0 Å². The number of carbonyl (C=O) groups excluding carboxylic acids is 1. The molecule has 1 aromatic heterocycles. The molecule has 2 aromatic rings. The Kier molecular flexibility index (Phi) is 21.5. The van der Waals surface area contributed by atoms with Gasteiger partial charge in [-0.3, -0.25) is 4.79 Å². The van der Waals surface area contributed by atoms with Crippen LogP contribution in [0.2, 0.25) is 0 Å². The summed E-state index contributed by atoms with van der Waals surface area (Å²) in [6.07, 6.45) is 4.92. The largest absolute Gasteiger partial charge is 0.418 e. The first-order chi connectivity index (χ1) is 18.9. The van der Waals surface area contributed by atoms with Gasteiger partial charge in [-0.2, -0.15) is 13.2 Å². The second kappa shape index (κ2) is 21.9. The summed E-state index contributed by atoms with van der Waals surface area (Å²) < 4.78 is 54.4. The molecule has 2 nitrogen and oxygen atoms in total. The summed E-state index contributed by atoms with van der Waals surface area (Å²) >= 11 is 1.82. The molecule has 2 rings (SSSR count). The van der Waals surface area contributed by atoms with Gasteiger partial charge in [-0.1, -0.05) is 85.1 Å². The van der Waals surface area contributed by atoms with Crippen LogP contribution in [0.25, 0.3) is 5.57 Å². The lowest BCUT2D eigenvalue weighted by Crippen LogP contribution is -2.19. The normalized spacial score (nSPS) is 12.7. The predicted molar refractivity (Wildman–Crippen MR) is 171 cm³/mol. The molecule has 0 atom stereocenters. The summed E-state index contributed by atoms with van der Waals surface area (Å²) in [6, 6.07) is 9.58. The van der Waals surface area contributed by atoms with Gasteiger partial charge in [0.25, 0.3) is 0 Å². The summed E-state index contributed by atoms with van der Waals surface area (Å²) in [5, 5.41) is 2.11. The third-order valence-corrected chi connectivity index (χ3v) is 6.92. The number of aliphatic imine (C=N–C) groups is 1. The number of allylic oxidation sites excluding steroid dienone is 6. The molecule has 0 fully saturated rings. The van der Waals surface area contributed by atoms with Crippen LogP contribution in [0.4, 0.5) is 17.6 Å². The number of nitrogens with zero attached hydrogens (tertiary/aromatic N) is 1. The predicted octanol–water partition coefficient (Wildman–Crippen LogP) is 12.0. The van der Waals surface area contributed by atoms with Crippen molar-refractivity contribution >= 4 is 28.4 Å². The number of thiophene rings is 1. The van der Waals surface area contributed by atoms with Crippen molar-refractivity contribution in [2.45, 2.75) is 108 Å². The van der Waals surface area contributed by atoms with Gasteiger partial charge in [0.05, 0.1) is 11.3 Å². The molecule has 0 spiro atoms. The average molecular weight is 596 g/mol. The quantitative estimate of drug-likeness (QED) is 0.0883. The zero-order chi connectivity index (χ0) is 30.7. The Hall–Kier alpha value is -2.80. The minimum absolute atomic E-state index is 0. The maximum atomic E-state index is 13.6. The first-order valence-corrected chi connectivity index (χ1v) is 14.7. The molecule has 7 heteroatoms. The lowest BCUT2D eigenvalue weighted by Gasteiger charge is -2.14. The topological polar surface area (TPSA) is 29.4 Å².